The molecule has 0 aromatic rings. The van der Waals surface area contributed by atoms with Crippen LogP contribution in [0, 0.1) is 5.92 Å². The Bertz CT molecular complexity index is 138. The number of alkyl halides is 2. The zero-order chi connectivity index (χ0) is 7.07. The standard InChI is InChI=1S/C5H7F2NS/c6-5(7)1-3(2-5)4(8)9/h3H,1-2H2,(H2,8,9). The maximum Gasteiger partial charge on any atom is 0.249 e. The lowest BCUT2D eigenvalue weighted by Crippen LogP contribution is -2.42. The summed E-state index contributed by atoms with van der Waals surface area (Å²) in [5, 5.41) is 0. The first-order chi connectivity index (χ1) is 4.01. The lowest BCUT2D eigenvalue weighted by molar-refractivity contribution is -0.0906. The quantitative estimate of drug-likeness (QED) is 0.572. The van der Waals surface area contributed by atoms with Crippen LogP contribution in [0.3, 0.4) is 0 Å². The molecule has 0 unspecified atom stereocenters. The molecule has 1 fully saturated rings. The molecule has 1 aliphatic carbocycles. The topological polar surface area (TPSA) is 26.0 Å². The van der Waals surface area contributed by atoms with Gasteiger partial charge in [0.1, 0.15) is 0 Å². The van der Waals surface area contributed by atoms with E-state index in [9.17, 15) is 8.78 Å². The van der Waals surface area contributed by atoms with Crippen molar-refractivity contribution >= 4 is 17.2 Å². The van der Waals surface area contributed by atoms with Crippen molar-refractivity contribution < 1.29 is 8.78 Å². The second kappa shape index (κ2) is 1.87. The Kier molecular flexibility index (Phi) is 1.42. The number of nitrogens with two attached hydrogens (primary N) is 1. The minimum atomic E-state index is -2.49. The highest BCUT2D eigenvalue weighted by molar-refractivity contribution is 7.80. The van der Waals surface area contributed by atoms with Gasteiger partial charge >= 0.3 is 0 Å². The largest absolute Gasteiger partial charge is 0.393 e. The van der Waals surface area contributed by atoms with Crippen LogP contribution in [0.5, 0.6) is 0 Å². The Morgan fingerprint density at radius 3 is 2.11 bits per heavy atom. The summed E-state index contributed by atoms with van der Waals surface area (Å²) in [6, 6.07) is 0. The van der Waals surface area contributed by atoms with Crippen molar-refractivity contribution in [2.75, 3.05) is 0 Å². The van der Waals surface area contributed by atoms with E-state index < -0.39 is 5.92 Å². The molecule has 1 aliphatic rings. The molecule has 0 amide bonds. The fourth-order valence-electron chi connectivity index (χ4n) is 0.862. The molecule has 0 radical (unpaired) electrons. The third kappa shape index (κ3) is 1.36. The van der Waals surface area contributed by atoms with Crippen LogP contribution >= 0.6 is 12.2 Å². The van der Waals surface area contributed by atoms with E-state index in [2.05, 4.69) is 12.2 Å². The molecule has 1 nitrogen and oxygen atoms in total. The highest BCUT2D eigenvalue weighted by Crippen LogP contribution is 2.42. The van der Waals surface area contributed by atoms with Crippen LogP contribution in [0.2, 0.25) is 0 Å². The Morgan fingerprint density at radius 1 is 1.56 bits per heavy atom. The first kappa shape index (κ1) is 6.86. The molecule has 0 aliphatic heterocycles. The van der Waals surface area contributed by atoms with Crippen molar-refractivity contribution in [3.05, 3.63) is 0 Å². The van der Waals surface area contributed by atoms with Gasteiger partial charge in [0.15, 0.2) is 0 Å². The molecule has 9 heavy (non-hydrogen) atoms. The molecule has 0 bridgehead atoms. The van der Waals surface area contributed by atoms with E-state index in [4.69, 9.17) is 5.73 Å². The number of thiocarbonyl (C=S) groups is 1. The fraction of sp³-hybridized carbons (Fsp3) is 0.800. The van der Waals surface area contributed by atoms with E-state index in [1.54, 1.807) is 0 Å². The minimum absolute atomic E-state index is 0.150. The third-order valence-corrected chi connectivity index (χ3v) is 1.83. The van der Waals surface area contributed by atoms with Crippen LogP contribution in [0.25, 0.3) is 0 Å². The van der Waals surface area contributed by atoms with Crippen LogP contribution in [0.4, 0.5) is 8.78 Å². The first-order valence-electron chi connectivity index (χ1n) is 2.68. The van der Waals surface area contributed by atoms with Gasteiger partial charge in [0, 0.05) is 18.8 Å². The Morgan fingerprint density at radius 2 is 2.00 bits per heavy atom. The summed E-state index contributed by atoms with van der Waals surface area (Å²) < 4.78 is 24.1. The van der Waals surface area contributed by atoms with E-state index >= 15 is 0 Å². The fourth-order valence-corrected chi connectivity index (χ4v) is 1.03. The Labute approximate surface area is 57.2 Å². The Hall–Kier alpha value is -0.250. The molecule has 0 spiro atoms. The maximum absolute atomic E-state index is 12.0. The lowest BCUT2D eigenvalue weighted by Gasteiger charge is -2.33. The summed E-state index contributed by atoms with van der Waals surface area (Å²) in [5.41, 5.74) is 5.12. The molecule has 0 atom stereocenters. The van der Waals surface area contributed by atoms with Crippen molar-refractivity contribution in [3.63, 3.8) is 0 Å². The zero-order valence-electron chi connectivity index (χ0n) is 4.73. The zero-order valence-corrected chi connectivity index (χ0v) is 5.55. The van der Waals surface area contributed by atoms with Gasteiger partial charge in [-0.1, -0.05) is 12.2 Å². The van der Waals surface area contributed by atoms with Crippen molar-refractivity contribution in [2.45, 2.75) is 18.8 Å². The van der Waals surface area contributed by atoms with Crippen molar-refractivity contribution in [3.8, 4) is 0 Å². The lowest BCUT2D eigenvalue weighted by atomic mass is 9.81. The van der Waals surface area contributed by atoms with Crippen LogP contribution in [-0.4, -0.2) is 10.9 Å². The first-order valence-corrected chi connectivity index (χ1v) is 3.09. The van der Waals surface area contributed by atoms with E-state index in [0.717, 1.165) is 0 Å². The molecule has 1 saturated carbocycles. The maximum atomic E-state index is 12.0. The summed E-state index contributed by atoms with van der Waals surface area (Å²) >= 11 is 4.52. The van der Waals surface area contributed by atoms with Crippen molar-refractivity contribution in [2.24, 2.45) is 11.7 Å². The van der Waals surface area contributed by atoms with Gasteiger partial charge < -0.3 is 5.73 Å². The molecule has 2 N–H and O–H groups in total. The highest BCUT2D eigenvalue weighted by atomic mass is 32.1. The smallest absolute Gasteiger partial charge is 0.249 e. The second-order valence-corrected chi connectivity index (χ2v) is 2.83. The van der Waals surface area contributed by atoms with Gasteiger partial charge in [-0.15, -0.1) is 0 Å². The van der Waals surface area contributed by atoms with Gasteiger partial charge in [-0.05, 0) is 0 Å². The van der Waals surface area contributed by atoms with Gasteiger partial charge in [0.2, 0.25) is 5.92 Å². The van der Waals surface area contributed by atoms with Crippen molar-refractivity contribution in [1.82, 2.24) is 0 Å². The van der Waals surface area contributed by atoms with Crippen LogP contribution in [-0.2, 0) is 0 Å². The average Bonchev–Trinajstić information content (AvgIpc) is 1.59. The van der Waals surface area contributed by atoms with Gasteiger partial charge in [-0.3, -0.25) is 0 Å². The summed E-state index contributed by atoms with van der Waals surface area (Å²) in [4.78, 5) is 0.223. The van der Waals surface area contributed by atoms with E-state index in [-0.39, 0.29) is 23.7 Å². The summed E-state index contributed by atoms with van der Waals surface area (Å²) in [5.74, 6) is -2.70. The third-order valence-electron chi connectivity index (χ3n) is 1.49. The molecular weight excluding hydrogens is 144 g/mol. The Balaban J connectivity index is 2.35. The second-order valence-electron chi connectivity index (χ2n) is 2.36. The number of hydrogen-bond donors (Lipinski definition) is 1. The van der Waals surface area contributed by atoms with E-state index in [0.29, 0.717) is 0 Å². The molecule has 0 saturated heterocycles. The van der Waals surface area contributed by atoms with Crippen LogP contribution < -0.4 is 5.73 Å². The monoisotopic (exact) mass is 151 g/mol. The summed E-state index contributed by atoms with van der Waals surface area (Å²) in [6.45, 7) is 0. The molecule has 52 valence electrons. The summed E-state index contributed by atoms with van der Waals surface area (Å²) in [7, 11) is 0. The predicted octanol–water partition coefficient (Wildman–Crippen LogP) is 1.32. The van der Waals surface area contributed by atoms with E-state index in [1.807, 2.05) is 0 Å². The number of halogens is 2. The molecule has 4 heteroatoms. The molecule has 0 heterocycles. The SMILES string of the molecule is NC(=S)C1CC(F)(F)C1. The van der Waals surface area contributed by atoms with Gasteiger partial charge in [-0.25, -0.2) is 8.78 Å². The van der Waals surface area contributed by atoms with Crippen LogP contribution in [0.15, 0.2) is 0 Å². The normalized spacial score (nSPS) is 25.1. The molecule has 1 rings (SSSR count). The molecule has 0 aromatic heterocycles. The van der Waals surface area contributed by atoms with Crippen LogP contribution in [0.1, 0.15) is 12.8 Å². The van der Waals surface area contributed by atoms with E-state index in [1.165, 1.54) is 0 Å². The van der Waals surface area contributed by atoms with Crippen molar-refractivity contribution in [1.29, 1.82) is 0 Å². The summed E-state index contributed by atoms with van der Waals surface area (Å²) in [6.07, 6.45) is -0.301. The highest BCUT2D eigenvalue weighted by Gasteiger charge is 2.46. The van der Waals surface area contributed by atoms with Gasteiger partial charge in [0.05, 0.1) is 4.99 Å². The minimum Gasteiger partial charge on any atom is -0.393 e. The number of rotatable bonds is 1. The molecular formula is C5H7F2NS. The average molecular weight is 151 g/mol. The molecule has 0 aromatic carbocycles. The number of hydrogen-bond acceptors (Lipinski definition) is 1. The van der Waals surface area contributed by atoms with Gasteiger partial charge in [-0.2, -0.15) is 0 Å². The van der Waals surface area contributed by atoms with Gasteiger partial charge in [0.25, 0.3) is 0 Å². The predicted molar refractivity (Wildman–Crippen MR) is 34.5 cm³/mol.